The van der Waals surface area contributed by atoms with Crippen molar-refractivity contribution in [3.8, 4) is 11.4 Å². The maximum Gasteiger partial charge on any atom is 0.311 e. The van der Waals surface area contributed by atoms with Gasteiger partial charge in [-0.2, -0.15) is 4.98 Å². The molecule has 0 unspecified atom stereocenters. The van der Waals surface area contributed by atoms with Crippen LogP contribution in [0, 0.1) is 18.7 Å². The molecule has 4 heterocycles. The number of halogens is 1. The number of benzene rings is 1. The van der Waals surface area contributed by atoms with Crippen LogP contribution in [-0.4, -0.2) is 57.3 Å². The van der Waals surface area contributed by atoms with Crippen molar-refractivity contribution in [3.63, 3.8) is 0 Å². The Morgan fingerprint density at radius 1 is 1.17 bits per heavy atom. The number of carbonyl (C=O) groups is 1. The fourth-order valence-electron chi connectivity index (χ4n) is 6.29. The summed E-state index contributed by atoms with van der Waals surface area (Å²) in [6.07, 6.45) is 8.14. The third kappa shape index (κ3) is 6.94. The highest BCUT2D eigenvalue weighted by Gasteiger charge is 2.36. The van der Waals surface area contributed by atoms with Crippen LogP contribution in [0.5, 0.6) is 0 Å². The van der Waals surface area contributed by atoms with Crippen molar-refractivity contribution in [2.45, 2.75) is 84.0 Å². The van der Waals surface area contributed by atoms with Crippen LogP contribution >= 0.6 is 0 Å². The normalized spacial score (nSPS) is 16.9. The van der Waals surface area contributed by atoms with E-state index in [1.165, 1.54) is 18.1 Å². The summed E-state index contributed by atoms with van der Waals surface area (Å²) >= 11 is 0. The number of nitrogens with one attached hydrogen (secondary N) is 1. The zero-order valence-corrected chi connectivity index (χ0v) is 24.5. The standard InChI is InChI=1S/C32H42FN5O3/c1-20(2)24-18-26(29(27(33)19-24)31-35-21(3)41-37-31)28(32(39)40)22-12-16-38(17-13-22)15-6-4-5-9-25-11-10-23-8-7-14-34-30(23)36-25/h10-11,18-20,22,28H,4-9,12-17H2,1-3H3,(H,34,36)(H,39,40)/t28-/m0/s1. The van der Waals surface area contributed by atoms with E-state index in [0.717, 1.165) is 88.2 Å². The van der Waals surface area contributed by atoms with Gasteiger partial charge >= 0.3 is 5.97 Å². The zero-order chi connectivity index (χ0) is 28.9. The smallest absolute Gasteiger partial charge is 0.311 e. The number of piperidine rings is 1. The molecule has 9 heteroatoms. The fraction of sp³-hybridized carbons (Fsp3) is 0.562. The summed E-state index contributed by atoms with van der Waals surface area (Å²) in [6, 6.07) is 7.70. The van der Waals surface area contributed by atoms with Gasteiger partial charge in [-0.1, -0.05) is 37.6 Å². The summed E-state index contributed by atoms with van der Waals surface area (Å²) in [6.45, 7) is 9.30. The van der Waals surface area contributed by atoms with Gasteiger partial charge in [0.15, 0.2) is 0 Å². The first-order chi connectivity index (χ1) is 19.8. The van der Waals surface area contributed by atoms with Crippen molar-refractivity contribution in [1.82, 2.24) is 20.0 Å². The summed E-state index contributed by atoms with van der Waals surface area (Å²) in [5.74, 6) is -0.826. The Morgan fingerprint density at radius 2 is 1.98 bits per heavy atom. The highest BCUT2D eigenvalue weighted by atomic mass is 19.1. The Kier molecular flexibility index (Phi) is 9.32. The van der Waals surface area contributed by atoms with Crippen LogP contribution in [-0.2, 0) is 17.6 Å². The molecule has 3 aromatic rings. The van der Waals surface area contributed by atoms with Crippen LogP contribution in [0.4, 0.5) is 10.2 Å². The molecule has 2 aliphatic rings. The number of hydrogen-bond donors (Lipinski definition) is 2. The van der Waals surface area contributed by atoms with Gasteiger partial charge in [0.2, 0.25) is 11.7 Å². The Bertz CT molecular complexity index is 1350. The number of anilines is 1. The van der Waals surface area contributed by atoms with Crippen molar-refractivity contribution in [1.29, 1.82) is 0 Å². The molecule has 0 aliphatic carbocycles. The molecule has 2 aromatic heterocycles. The van der Waals surface area contributed by atoms with E-state index in [0.29, 0.717) is 11.5 Å². The molecular formula is C32H42FN5O3. The van der Waals surface area contributed by atoms with E-state index < -0.39 is 17.7 Å². The van der Waals surface area contributed by atoms with E-state index >= 15 is 4.39 Å². The molecule has 1 aromatic carbocycles. The SMILES string of the molecule is Cc1nc(-c2c(F)cc(C(C)C)cc2[C@@H](C(=O)O)C2CCN(CCCCCc3ccc4c(n3)NCCC4)CC2)no1. The Balaban J connectivity index is 1.18. The monoisotopic (exact) mass is 563 g/mol. The lowest BCUT2D eigenvalue weighted by Gasteiger charge is -2.35. The molecule has 8 nitrogen and oxygen atoms in total. The average molecular weight is 564 g/mol. The van der Waals surface area contributed by atoms with Crippen molar-refractivity contribution in [3.05, 3.63) is 58.4 Å². The highest BCUT2D eigenvalue weighted by molar-refractivity contribution is 5.80. The number of aromatic nitrogens is 3. The number of carboxylic acid groups (broad SMARTS) is 1. The first kappa shape index (κ1) is 29.2. The van der Waals surface area contributed by atoms with Crippen LogP contribution < -0.4 is 5.32 Å². The largest absolute Gasteiger partial charge is 0.481 e. The van der Waals surface area contributed by atoms with Crippen molar-refractivity contribution in [2.24, 2.45) is 5.92 Å². The minimum Gasteiger partial charge on any atom is -0.481 e. The molecule has 5 rings (SSSR count). The second kappa shape index (κ2) is 13.1. The first-order valence-electron chi connectivity index (χ1n) is 15.1. The lowest BCUT2D eigenvalue weighted by Crippen LogP contribution is -2.38. The van der Waals surface area contributed by atoms with Crippen molar-refractivity contribution >= 4 is 11.8 Å². The second-order valence-electron chi connectivity index (χ2n) is 11.9. The van der Waals surface area contributed by atoms with E-state index in [4.69, 9.17) is 9.51 Å². The summed E-state index contributed by atoms with van der Waals surface area (Å²) in [7, 11) is 0. The molecule has 0 spiro atoms. The van der Waals surface area contributed by atoms with Gasteiger partial charge < -0.3 is 19.8 Å². The zero-order valence-electron chi connectivity index (χ0n) is 24.5. The van der Waals surface area contributed by atoms with E-state index in [9.17, 15) is 9.90 Å². The van der Waals surface area contributed by atoms with Crippen molar-refractivity contribution in [2.75, 3.05) is 31.5 Å². The number of pyridine rings is 1. The second-order valence-corrected chi connectivity index (χ2v) is 11.9. The van der Waals surface area contributed by atoms with E-state index in [1.54, 1.807) is 6.92 Å². The summed E-state index contributed by atoms with van der Waals surface area (Å²) in [5, 5.41) is 17.7. The number of unbranched alkanes of at least 4 members (excludes halogenated alkanes) is 2. The number of fused-ring (bicyclic) bond motifs is 1. The maximum atomic E-state index is 15.5. The minimum atomic E-state index is -0.934. The molecule has 0 bridgehead atoms. The lowest BCUT2D eigenvalue weighted by molar-refractivity contribution is -0.140. The molecule has 1 saturated heterocycles. The number of nitrogens with zero attached hydrogens (tertiary/aromatic N) is 4. The van der Waals surface area contributed by atoms with Gasteiger partial charge in [0, 0.05) is 19.2 Å². The number of likely N-dealkylation sites (tertiary alicyclic amines) is 1. The summed E-state index contributed by atoms with van der Waals surface area (Å²) in [5.41, 5.74) is 3.85. The van der Waals surface area contributed by atoms with Gasteiger partial charge in [0.05, 0.1) is 11.5 Å². The average Bonchev–Trinajstić information content (AvgIpc) is 3.38. The van der Waals surface area contributed by atoms with E-state index in [2.05, 4.69) is 32.5 Å². The lowest BCUT2D eigenvalue weighted by atomic mass is 9.77. The third-order valence-corrected chi connectivity index (χ3v) is 8.62. The van der Waals surface area contributed by atoms with Gasteiger partial charge in [-0.05, 0) is 105 Å². The predicted octanol–water partition coefficient (Wildman–Crippen LogP) is 6.35. The minimum absolute atomic E-state index is 0.0558. The topological polar surface area (TPSA) is 104 Å². The fourth-order valence-corrected chi connectivity index (χ4v) is 6.29. The van der Waals surface area contributed by atoms with Crippen LogP contribution in [0.2, 0.25) is 0 Å². The third-order valence-electron chi connectivity index (χ3n) is 8.62. The Morgan fingerprint density at radius 3 is 2.68 bits per heavy atom. The van der Waals surface area contributed by atoms with Crippen LogP contribution in [0.25, 0.3) is 11.4 Å². The molecule has 0 radical (unpaired) electrons. The molecule has 2 N–H and O–H groups in total. The molecular weight excluding hydrogens is 521 g/mol. The van der Waals surface area contributed by atoms with Crippen LogP contribution in [0.3, 0.4) is 0 Å². The first-order valence-corrected chi connectivity index (χ1v) is 15.1. The van der Waals surface area contributed by atoms with Gasteiger partial charge in [-0.25, -0.2) is 9.37 Å². The van der Waals surface area contributed by atoms with Gasteiger partial charge in [0.25, 0.3) is 0 Å². The number of aliphatic carboxylic acids is 1. The van der Waals surface area contributed by atoms with E-state index in [-0.39, 0.29) is 23.2 Å². The molecule has 0 saturated carbocycles. The molecule has 41 heavy (non-hydrogen) atoms. The highest BCUT2D eigenvalue weighted by Crippen LogP contribution is 2.40. The molecule has 1 fully saturated rings. The Hall–Kier alpha value is -3.33. The predicted molar refractivity (Wildman–Crippen MR) is 157 cm³/mol. The van der Waals surface area contributed by atoms with Crippen LogP contribution in [0.1, 0.15) is 92.5 Å². The number of aryl methyl sites for hydroxylation is 3. The number of hydrogen-bond acceptors (Lipinski definition) is 7. The van der Waals surface area contributed by atoms with Crippen molar-refractivity contribution < 1.29 is 18.8 Å². The van der Waals surface area contributed by atoms with Gasteiger partial charge in [0.1, 0.15) is 11.6 Å². The Labute approximate surface area is 241 Å². The molecule has 1 atom stereocenters. The summed E-state index contributed by atoms with van der Waals surface area (Å²) in [4.78, 5) is 24.2. The quantitative estimate of drug-likeness (QED) is 0.260. The molecule has 0 amide bonds. The van der Waals surface area contributed by atoms with Gasteiger partial charge in [-0.3, -0.25) is 4.79 Å². The number of carboxylic acids is 1. The van der Waals surface area contributed by atoms with Gasteiger partial charge in [-0.15, -0.1) is 0 Å². The summed E-state index contributed by atoms with van der Waals surface area (Å²) < 4.78 is 20.6. The van der Waals surface area contributed by atoms with E-state index in [1.807, 2.05) is 19.9 Å². The van der Waals surface area contributed by atoms with Crippen LogP contribution in [0.15, 0.2) is 28.8 Å². The molecule has 2 aliphatic heterocycles. The maximum absolute atomic E-state index is 15.5. The number of rotatable bonds is 11. The molecule has 220 valence electrons.